The van der Waals surface area contributed by atoms with E-state index in [0.29, 0.717) is 0 Å². The summed E-state index contributed by atoms with van der Waals surface area (Å²) in [6.45, 7) is 5.40. The molecule has 20 heavy (non-hydrogen) atoms. The first-order valence-electron chi connectivity index (χ1n) is 7.25. The summed E-state index contributed by atoms with van der Waals surface area (Å²) < 4.78 is 5.53. The van der Waals surface area contributed by atoms with E-state index in [9.17, 15) is 0 Å². The van der Waals surface area contributed by atoms with Gasteiger partial charge in [0.1, 0.15) is 5.75 Å². The Morgan fingerprint density at radius 1 is 1.15 bits per heavy atom. The summed E-state index contributed by atoms with van der Waals surface area (Å²) in [6.07, 6.45) is 2.22. The molecule has 0 saturated carbocycles. The summed E-state index contributed by atoms with van der Waals surface area (Å²) in [5.41, 5.74) is 1.22. The number of ether oxygens (including phenoxy) is 1. The van der Waals surface area contributed by atoms with E-state index in [1.165, 1.54) is 15.3 Å². The minimum Gasteiger partial charge on any atom is -0.496 e. The van der Waals surface area contributed by atoms with Crippen LogP contribution in [0.2, 0.25) is 0 Å². The third-order valence-corrected chi connectivity index (χ3v) is 4.66. The van der Waals surface area contributed by atoms with Gasteiger partial charge >= 0.3 is 0 Å². The van der Waals surface area contributed by atoms with Crippen LogP contribution in [0.3, 0.4) is 0 Å². The van der Waals surface area contributed by atoms with Gasteiger partial charge in [-0.2, -0.15) is 0 Å². The van der Waals surface area contributed by atoms with E-state index in [0.717, 1.165) is 25.1 Å². The Kier molecular flexibility index (Phi) is 5.62. The fraction of sp³-hybridized carbons (Fsp3) is 0.412. The average molecular weight is 289 g/mol. The minimum atomic E-state index is 0.219. The SMILES string of the molecule is CCCNC(c1ccc(CC)s1)c1ccccc1OC. The average Bonchev–Trinajstić information content (AvgIpc) is 2.97. The van der Waals surface area contributed by atoms with Crippen molar-refractivity contribution < 1.29 is 4.74 Å². The Labute approximate surface area is 125 Å². The summed E-state index contributed by atoms with van der Waals surface area (Å²) in [6, 6.07) is 13.0. The number of para-hydroxylation sites is 1. The second-order valence-corrected chi connectivity index (χ2v) is 5.99. The van der Waals surface area contributed by atoms with Crippen LogP contribution in [0.4, 0.5) is 0 Å². The van der Waals surface area contributed by atoms with Crippen LogP contribution in [0.1, 0.15) is 41.6 Å². The molecule has 0 saturated heterocycles. The Balaban J connectivity index is 2.35. The first kappa shape index (κ1) is 15.1. The third kappa shape index (κ3) is 3.41. The molecule has 108 valence electrons. The van der Waals surface area contributed by atoms with Crippen molar-refractivity contribution in [2.75, 3.05) is 13.7 Å². The van der Waals surface area contributed by atoms with Gasteiger partial charge in [0.05, 0.1) is 13.2 Å². The molecule has 3 heteroatoms. The topological polar surface area (TPSA) is 21.3 Å². The van der Waals surface area contributed by atoms with E-state index in [1.54, 1.807) is 7.11 Å². The van der Waals surface area contributed by atoms with Crippen molar-refractivity contribution >= 4 is 11.3 Å². The van der Waals surface area contributed by atoms with Crippen LogP contribution in [0.15, 0.2) is 36.4 Å². The zero-order valence-corrected chi connectivity index (χ0v) is 13.3. The maximum Gasteiger partial charge on any atom is 0.124 e. The van der Waals surface area contributed by atoms with Crippen LogP contribution in [0.5, 0.6) is 5.75 Å². The van der Waals surface area contributed by atoms with Gasteiger partial charge in [-0.1, -0.05) is 32.0 Å². The Bertz CT molecular complexity index is 535. The summed E-state index contributed by atoms with van der Waals surface area (Å²) in [5.74, 6) is 0.951. The predicted molar refractivity (Wildman–Crippen MR) is 86.8 cm³/mol. The van der Waals surface area contributed by atoms with Crippen LogP contribution < -0.4 is 10.1 Å². The molecule has 0 aliphatic carbocycles. The quantitative estimate of drug-likeness (QED) is 0.815. The van der Waals surface area contributed by atoms with Crippen LogP contribution in [-0.4, -0.2) is 13.7 Å². The first-order valence-corrected chi connectivity index (χ1v) is 8.06. The lowest BCUT2D eigenvalue weighted by Gasteiger charge is -2.20. The molecule has 1 N–H and O–H groups in total. The maximum atomic E-state index is 5.53. The van der Waals surface area contributed by atoms with Gasteiger partial charge in [0, 0.05) is 15.3 Å². The molecule has 1 aromatic carbocycles. The molecule has 0 aliphatic heterocycles. The van der Waals surface area contributed by atoms with Crippen LogP contribution >= 0.6 is 11.3 Å². The highest BCUT2D eigenvalue weighted by atomic mass is 32.1. The van der Waals surface area contributed by atoms with E-state index in [4.69, 9.17) is 4.74 Å². The predicted octanol–water partition coefficient (Wildman–Crippen LogP) is 4.41. The van der Waals surface area contributed by atoms with Crippen LogP contribution in [-0.2, 0) is 6.42 Å². The monoisotopic (exact) mass is 289 g/mol. The minimum absolute atomic E-state index is 0.219. The van der Waals surface area contributed by atoms with E-state index < -0.39 is 0 Å². The molecule has 2 nitrogen and oxygen atoms in total. The zero-order valence-electron chi connectivity index (χ0n) is 12.5. The second-order valence-electron chi connectivity index (χ2n) is 4.79. The summed E-state index contributed by atoms with van der Waals surface area (Å²) in [5, 5.41) is 3.64. The normalized spacial score (nSPS) is 12.3. The van der Waals surface area contributed by atoms with E-state index in [-0.39, 0.29) is 6.04 Å². The van der Waals surface area contributed by atoms with E-state index in [2.05, 4.69) is 43.4 Å². The summed E-state index contributed by atoms with van der Waals surface area (Å²) in [7, 11) is 1.74. The van der Waals surface area contributed by atoms with Gasteiger partial charge in [-0.05, 0) is 37.6 Å². The molecular weight excluding hydrogens is 266 g/mol. The largest absolute Gasteiger partial charge is 0.496 e. The van der Waals surface area contributed by atoms with Gasteiger partial charge < -0.3 is 10.1 Å². The molecule has 0 spiro atoms. The van der Waals surface area contributed by atoms with Crippen molar-refractivity contribution in [3.05, 3.63) is 51.7 Å². The van der Waals surface area contributed by atoms with Crippen molar-refractivity contribution in [1.29, 1.82) is 0 Å². The Morgan fingerprint density at radius 3 is 2.60 bits per heavy atom. The first-order chi connectivity index (χ1) is 9.80. The lowest BCUT2D eigenvalue weighted by molar-refractivity contribution is 0.404. The van der Waals surface area contributed by atoms with E-state index in [1.807, 2.05) is 23.5 Å². The van der Waals surface area contributed by atoms with Gasteiger partial charge in [-0.15, -0.1) is 11.3 Å². The van der Waals surface area contributed by atoms with Crippen molar-refractivity contribution in [2.45, 2.75) is 32.7 Å². The smallest absolute Gasteiger partial charge is 0.124 e. The van der Waals surface area contributed by atoms with Crippen molar-refractivity contribution in [2.24, 2.45) is 0 Å². The number of hydrogen-bond donors (Lipinski definition) is 1. The molecule has 2 aromatic rings. The number of aryl methyl sites for hydroxylation is 1. The molecule has 1 unspecified atom stereocenters. The van der Waals surface area contributed by atoms with Crippen molar-refractivity contribution in [1.82, 2.24) is 5.32 Å². The molecule has 0 fully saturated rings. The lowest BCUT2D eigenvalue weighted by Crippen LogP contribution is -2.22. The number of methoxy groups -OCH3 is 1. The number of hydrogen-bond acceptors (Lipinski definition) is 3. The van der Waals surface area contributed by atoms with E-state index >= 15 is 0 Å². The molecule has 0 radical (unpaired) electrons. The number of thiophene rings is 1. The number of nitrogens with one attached hydrogen (secondary N) is 1. The van der Waals surface area contributed by atoms with Gasteiger partial charge in [-0.25, -0.2) is 0 Å². The highest BCUT2D eigenvalue weighted by molar-refractivity contribution is 7.12. The fourth-order valence-corrected chi connectivity index (χ4v) is 3.34. The molecule has 0 amide bonds. The van der Waals surface area contributed by atoms with Gasteiger partial charge in [0.2, 0.25) is 0 Å². The van der Waals surface area contributed by atoms with Crippen LogP contribution in [0, 0.1) is 0 Å². The molecule has 1 heterocycles. The zero-order chi connectivity index (χ0) is 14.4. The molecule has 0 aliphatic rings. The molecule has 1 atom stereocenters. The van der Waals surface area contributed by atoms with Gasteiger partial charge in [-0.3, -0.25) is 0 Å². The van der Waals surface area contributed by atoms with Crippen molar-refractivity contribution in [3.8, 4) is 5.75 Å². The molecule has 2 rings (SSSR count). The standard InChI is InChI=1S/C17H23NOS/c1-4-12-18-17(16-11-10-13(5-2)20-16)14-8-6-7-9-15(14)19-3/h6-11,17-18H,4-5,12H2,1-3H3. The number of rotatable bonds is 7. The molecule has 0 bridgehead atoms. The Hall–Kier alpha value is -1.32. The van der Waals surface area contributed by atoms with Crippen molar-refractivity contribution in [3.63, 3.8) is 0 Å². The highest BCUT2D eigenvalue weighted by Gasteiger charge is 2.18. The second kappa shape index (κ2) is 7.46. The summed E-state index contributed by atoms with van der Waals surface area (Å²) in [4.78, 5) is 2.79. The Morgan fingerprint density at radius 2 is 1.95 bits per heavy atom. The maximum absolute atomic E-state index is 5.53. The lowest BCUT2D eigenvalue weighted by atomic mass is 10.0. The fourth-order valence-electron chi connectivity index (χ4n) is 2.30. The van der Waals surface area contributed by atoms with Gasteiger partial charge in [0.15, 0.2) is 0 Å². The summed E-state index contributed by atoms with van der Waals surface area (Å²) >= 11 is 1.89. The third-order valence-electron chi connectivity index (χ3n) is 3.36. The number of benzene rings is 1. The van der Waals surface area contributed by atoms with Gasteiger partial charge in [0.25, 0.3) is 0 Å². The highest BCUT2D eigenvalue weighted by Crippen LogP contribution is 2.33. The van der Waals surface area contributed by atoms with Crippen LogP contribution in [0.25, 0.3) is 0 Å². The molecular formula is C17H23NOS. The molecule has 1 aromatic heterocycles.